The number of benzene rings is 1. The van der Waals surface area contributed by atoms with Crippen LogP contribution >= 0.6 is 0 Å². The first-order valence-electron chi connectivity index (χ1n) is 5.92. The van der Waals surface area contributed by atoms with E-state index in [-0.39, 0.29) is 11.6 Å². The van der Waals surface area contributed by atoms with Crippen LogP contribution in [0.4, 0.5) is 0 Å². The van der Waals surface area contributed by atoms with E-state index in [1.807, 2.05) is 30.3 Å². The maximum atomic E-state index is 11.9. The average Bonchev–Trinajstić information content (AvgIpc) is 2.79. The van der Waals surface area contributed by atoms with Gasteiger partial charge in [-0.2, -0.15) is 5.10 Å². The Morgan fingerprint density at radius 2 is 1.95 bits per heavy atom. The molecule has 0 spiro atoms. The minimum absolute atomic E-state index is 0.254. The maximum absolute atomic E-state index is 11.9. The summed E-state index contributed by atoms with van der Waals surface area (Å²) in [5.41, 5.74) is 4.28. The standard InChI is InChI=1S/C14H15N3O2/c1-9(2)16-17-13(18)12-10(3)19-14(15-12)11-7-5-4-6-8-11/h4-8H,1-3H3,(H,17,18). The number of aromatic nitrogens is 1. The lowest BCUT2D eigenvalue weighted by atomic mass is 10.2. The number of aryl methyl sites for hydroxylation is 1. The van der Waals surface area contributed by atoms with Crippen LogP contribution in [0.3, 0.4) is 0 Å². The predicted molar refractivity (Wildman–Crippen MR) is 72.9 cm³/mol. The molecule has 0 aliphatic heterocycles. The summed E-state index contributed by atoms with van der Waals surface area (Å²) in [7, 11) is 0. The highest BCUT2D eigenvalue weighted by atomic mass is 16.4. The number of hydrogen-bond acceptors (Lipinski definition) is 4. The molecule has 0 bridgehead atoms. The fraction of sp³-hybridized carbons (Fsp3) is 0.214. The first kappa shape index (κ1) is 13.0. The molecule has 0 aliphatic rings. The van der Waals surface area contributed by atoms with Gasteiger partial charge in [-0.1, -0.05) is 18.2 Å². The van der Waals surface area contributed by atoms with Crippen LogP contribution in [0, 0.1) is 6.92 Å². The molecular weight excluding hydrogens is 242 g/mol. The zero-order chi connectivity index (χ0) is 13.8. The highest BCUT2D eigenvalue weighted by Gasteiger charge is 2.17. The molecule has 5 heteroatoms. The molecule has 98 valence electrons. The molecule has 0 fully saturated rings. The van der Waals surface area contributed by atoms with Gasteiger partial charge in [0, 0.05) is 11.3 Å². The number of nitrogens with one attached hydrogen (secondary N) is 1. The van der Waals surface area contributed by atoms with Crippen molar-refractivity contribution in [1.29, 1.82) is 0 Å². The normalized spacial score (nSPS) is 10.1. The van der Waals surface area contributed by atoms with Crippen LogP contribution in [-0.2, 0) is 0 Å². The number of amides is 1. The largest absolute Gasteiger partial charge is 0.441 e. The molecule has 0 saturated heterocycles. The number of carbonyl (C=O) groups excluding carboxylic acids is 1. The fourth-order valence-electron chi connectivity index (χ4n) is 1.53. The first-order valence-corrected chi connectivity index (χ1v) is 5.92. The molecule has 0 saturated carbocycles. The third-order valence-electron chi connectivity index (χ3n) is 2.41. The van der Waals surface area contributed by atoms with E-state index in [2.05, 4.69) is 15.5 Å². The van der Waals surface area contributed by atoms with Gasteiger partial charge in [0.2, 0.25) is 5.89 Å². The van der Waals surface area contributed by atoms with Crippen LogP contribution in [0.25, 0.3) is 11.5 Å². The first-order chi connectivity index (χ1) is 9.08. The third-order valence-corrected chi connectivity index (χ3v) is 2.41. The topological polar surface area (TPSA) is 67.5 Å². The lowest BCUT2D eigenvalue weighted by molar-refractivity contribution is 0.0949. The Balaban J connectivity index is 2.27. The van der Waals surface area contributed by atoms with Crippen molar-refractivity contribution in [2.45, 2.75) is 20.8 Å². The second-order valence-electron chi connectivity index (χ2n) is 4.29. The van der Waals surface area contributed by atoms with E-state index in [9.17, 15) is 4.79 Å². The molecule has 1 aromatic heterocycles. The summed E-state index contributed by atoms with van der Waals surface area (Å²) in [4.78, 5) is 16.1. The molecule has 2 aromatic rings. The zero-order valence-corrected chi connectivity index (χ0v) is 11.1. The van der Waals surface area contributed by atoms with Crippen LogP contribution in [0.1, 0.15) is 30.1 Å². The third kappa shape index (κ3) is 3.07. The van der Waals surface area contributed by atoms with E-state index < -0.39 is 0 Å². The predicted octanol–water partition coefficient (Wildman–Crippen LogP) is 2.78. The Kier molecular flexibility index (Phi) is 3.75. The van der Waals surface area contributed by atoms with E-state index in [1.54, 1.807) is 20.8 Å². The highest BCUT2D eigenvalue weighted by Crippen LogP contribution is 2.21. The van der Waals surface area contributed by atoms with Crippen LogP contribution < -0.4 is 5.43 Å². The van der Waals surface area contributed by atoms with E-state index in [4.69, 9.17) is 4.42 Å². The Bertz CT molecular complexity index is 611. The number of rotatable bonds is 3. The summed E-state index contributed by atoms with van der Waals surface area (Å²) < 4.78 is 5.51. The SMILES string of the molecule is CC(C)=NNC(=O)c1nc(-c2ccccc2)oc1C. The van der Waals surface area contributed by atoms with E-state index in [0.717, 1.165) is 11.3 Å². The monoisotopic (exact) mass is 257 g/mol. The van der Waals surface area contributed by atoms with Gasteiger partial charge in [0.25, 0.3) is 5.91 Å². The minimum Gasteiger partial charge on any atom is -0.441 e. The molecule has 0 aliphatic carbocycles. The molecule has 0 atom stereocenters. The summed E-state index contributed by atoms with van der Waals surface area (Å²) in [6.45, 7) is 5.30. The van der Waals surface area contributed by atoms with Crippen molar-refractivity contribution in [2.75, 3.05) is 0 Å². The molecule has 1 aromatic carbocycles. The van der Waals surface area contributed by atoms with Gasteiger partial charge in [0.1, 0.15) is 5.76 Å². The van der Waals surface area contributed by atoms with Gasteiger partial charge < -0.3 is 4.42 Å². The fourth-order valence-corrected chi connectivity index (χ4v) is 1.53. The Hall–Kier alpha value is -2.43. The summed E-state index contributed by atoms with van der Waals surface area (Å²) in [6, 6.07) is 9.44. The van der Waals surface area contributed by atoms with E-state index in [1.165, 1.54) is 0 Å². The maximum Gasteiger partial charge on any atom is 0.293 e. The van der Waals surface area contributed by atoms with E-state index >= 15 is 0 Å². The lowest BCUT2D eigenvalue weighted by Gasteiger charge is -1.96. The van der Waals surface area contributed by atoms with Gasteiger partial charge in [-0.25, -0.2) is 10.4 Å². The molecule has 0 unspecified atom stereocenters. The van der Waals surface area contributed by atoms with Crippen LogP contribution in [0.2, 0.25) is 0 Å². The van der Waals surface area contributed by atoms with Crippen LogP contribution in [-0.4, -0.2) is 16.6 Å². The highest BCUT2D eigenvalue weighted by molar-refractivity contribution is 5.94. The molecule has 19 heavy (non-hydrogen) atoms. The summed E-state index contributed by atoms with van der Waals surface area (Å²) in [5, 5.41) is 3.86. The number of hydrogen-bond donors (Lipinski definition) is 1. The summed E-state index contributed by atoms with van der Waals surface area (Å²) in [6.07, 6.45) is 0. The number of nitrogens with zero attached hydrogens (tertiary/aromatic N) is 2. The van der Waals surface area contributed by atoms with Gasteiger partial charge in [0.05, 0.1) is 0 Å². The molecular formula is C14H15N3O2. The van der Waals surface area contributed by atoms with Gasteiger partial charge in [-0.3, -0.25) is 4.79 Å². The molecule has 1 heterocycles. The van der Waals surface area contributed by atoms with Crippen molar-refractivity contribution < 1.29 is 9.21 Å². The second kappa shape index (κ2) is 5.48. The Morgan fingerprint density at radius 1 is 1.26 bits per heavy atom. The minimum atomic E-state index is -0.371. The van der Waals surface area contributed by atoms with Gasteiger partial charge in [-0.05, 0) is 32.9 Å². The molecule has 5 nitrogen and oxygen atoms in total. The second-order valence-corrected chi connectivity index (χ2v) is 4.29. The quantitative estimate of drug-likeness (QED) is 0.679. The smallest absolute Gasteiger partial charge is 0.293 e. The molecule has 1 N–H and O–H groups in total. The van der Waals surface area contributed by atoms with E-state index in [0.29, 0.717) is 11.7 Å². The van der Waals surface area contributed by atoms with Gasteiger partial charge in [-0.15, -0.1) is 0 Å². The average molecular weight is 257 g/mol. The van der Waals surface area contributed by atoms with Gasteiger partial charge in [0.15, 0.2) is 5.69 Å². The van der Waals surface area contributed by atoms with Crippen molar-refractivity contribution in [3.05, 3.63) is 41.8 Å². The summed E-state index contributed by atoms with van der Waals surface area (Å²) in [5.74, 6) is 0.533. The Morgan fingerprint density at radius 3 is 2.58 bits per heavy atom. The van der Waals surface area contributed by atoms with Crippen molar-refractivity contribution >= 4 is 11.6 Å². The lowest BCUT2D eigenvalue weighted by Crippen LogP contribution is -2.19. The van der Waals surface area contributed by atoms with Gasteiger partial charge >= 0.3 is 0 Å². The van der Waals surface area contributed by atoms with Crippen molar-refractivity contribution in [3.63, 3.8) is 0 Å². The number of hydrazone groups is 1. The number of oxazole rings is 1. The van der Waals surface area contributed by atoms with Crippen molar-refractivity contribution in [2.24, 2.45) is 5.10 Å². The van der Waals surface area contributed by atoms with Crippen molar-refractivity contribution in [1.82, 2.24) is 10.4 Å². The molecule has 2 rings (SSSR count). The van der Waals surface area contributed by atoms with Crippen LogP contribution in [0.15, 0.2) is 39.9 Å². The van der Waals surface area contributed by atoms with Crippen molar-refractivity contribution in [3.8, 4) is 11.5 Å². The Labute approximate surface area is 111 Å². The molecule has 1 amide bonds. The number of carbonyl (C=O) groups is 1. The zero-order valence-electron chi connectivity index (χ0n) is 11.1. The molecule has 0 radical (unpaired) electrons. The van der Waals surface area contributed by atoms with Crippen LogP contribution in [0.5, 0.6) is 0 Å². The summed E-state index contributed by atoms with van der Waals surface area (Å²) >= 11 is 0.